The van der Waals surface area contributed by atoms with Crippen molar-refractivity contribution in [1.82, 2.24) is 14.8 Å². The molecule has 1 heterocycles. The second-order valence-corrected chi connectivity index (χ2v) is 4.89. The zero-order valence-corrected chi connectivity index (χ0v) is 11.5. The molecule has 1 aromatic heterocycles. The van der Waals surface area contributed by atoms with Crippen LogP contribution in [0.1, 0.15) is 5.56 Å². The van der Waals surface area contributed by atoms with Gasteiger partial charge >= 0.3 is 0 Å². The Labute approximate surface area is 121 Å². The molecule has 0 unspecified atom stereocenters. The number of hydrogen-bond donors (Lipinski definition) is 1. The normalized spacial score (nSPS) is 10.7. The van der Waals surface area contributed by atoms with E-state index < -0.39 is 0 Å². The topological polar surface area (TPSA) is 56.7 Å². The molecule has 20 heavy (non-hydrogen) atoms. The van der Waals surface area contributed by atoms with Crippen LogP contribution in [0.5, 0.6) is 0 Å². The molecule has 4 nitrogen and oxygen atoms in total. The maximum atomic E-state index is 6.14. The molecule has 100 valence electrons. The molecule has 0 spiro atoms. The van der Waals surface area contributed by atoms with Crippen molar-refractivity contribution in [2.45, 2.75) is 6.54 Å². The Morgan fingerprint density at radius 2 is 1.95 bits per heavy atom. The molecule has 0 aliphatic heterocycles. The number of nitrogen functional groups attached to an aromatic ring is 1. The lowest BCUT2D eigenvalue weighted by atomic mass is 10.2. The minimum absolute atomic E-state index is 0.592. The van der Waals surface area contributed by atoms with Crippen molar-refractivity contribution >= 4 is 17.3 Å². The predicted molar refractivity (Wildman–Crippen MR) is 80.4 cm³/mol. The molecule has 0 aliphatic rings. The molecule has 0 atom stereocenters. The highest BCUT2D eigenvalue weighted by molar-refractivity contribution is 6.31. The van der Waals surface area contributed by atoms with Gasteiger partial charge in [-0.3, -0.25) is 0 Å². The quantitative estimate of drug-likeness (QED) is 0.751. The minimum Gasteiger partial charge on any atom is -0.399 e. The molecule has 0 saturated heterocycles. The van der Waals surface area contributed by atoms with Crippen molar-refractivity contribution in [2.75, 3.05) is 5.73 Å². The van der Waals surface area contributed by atoms with Gasteiger partial charge in [-0.1, -0.05) is 41.9 Å². The van der Waals surface area contributed by atoms with Crippen LogP contribution in [-0.2, 0) is 6.54 Å². The molecule has 2 N–H and O–H groups in total. The lowest BCUT2D eigenvalue weighted by Gasteiger charge is -2.03. The average molecular weight is 285 g/mol. The van der Waals surface area contributed by atoms with Crippen LogP contribution < -0.4 is 5.73 Å². The first-order valence-electron chi connectivity index (χ1n) is 6.21. The van der Waals surface area contributed by atoms with E-state index in [1.165, 1.54) is 0 Å². The van der Waals surface area contributed by atoms with Gasteiger partial charge in [0.2, 0.25) is 0 Å². The van der Waals surface area contributed by atoms with E-state index in [-0.39, 0.29) is 0 Å². The SMILES string of the molecule is Nc1cccc(-c2ncn(Cc3ccccc3Cl)n2)c1. The third kappa shape index (κ3) is 2.65. The highest BCUT2D eigenvalue weighted by Gasteiger charge is 2.06. The summed E-state index contributed by atoms with van der Waals surface area (Å²) in [6, 6.07) is 15.2. The van der Waals surface area contributed by atoms with E-state index in [0.717, 1.165) is 16.1 Å². The summed E-state index contributed by atoms with van der Waals surface area (Å²) < 4.78 is 1.76. The maximum Gasteiger partial charge on any atom is 0.181 e. The van der Waals surface area contributed by atoms with E-state index in [4.69, 9.17) is 17.3 Å². The van der Waals surface area contributed by atoms with E-state index in [1.54, 1.807) is 11.0 Å². The Bertz CT molecular complexity index is 736. The first-order valence-corrected chi connectivity index (χ1v) is 6.59. The number of benzene rings is 2. The van der Waals surface area contributed by atoms with Crippen LogP contribution in [0.25, 0.3) is 11.4 Å². The van der Waals surface area contributed by atoms with E-state index in [2.05, 4.69) is 10.1 Å². The first-order chi connectivity index (χ1) is 9.72. The number of nitrogens with zero attached hydrogens (tertiary/aromatic N) is 3. The maximum absolute atomic E-state index is 6.14. The Morgan fingerprint density at radius 3 is 2.75 bits per heavy atom. The van der Waals surface area contributed by atoms with Gasteiger partial charge in [0.25, 0.3) is 0 Å². The van der Waals surface area contributed by atoms with Crippen LogP contribution in [0.3, 0.4) is 0 Å². The summed E-state index contributed by atoms with van der Waals surface area (Å²) in [5.74, 6) is 0.657. The van der Waals surface area contributed by atoms with Gasteiger partial charge in [-0.25, -0.2) is 9.67 Å². The van der Waals surface area contributed by atoms with E-state index >= 15 is 0 Å². The highest BCUT2D eigenvalue weighted by atomic mass is 35.5. The van der Waals surface area contributed by atoms with Crippen molar-refractivity contribution in [3.8, 4) is 11.4 Å². The predicted octanol–water partition coefficient (Wildman–Crippen LogP) is 3.23. The van der Waals surface area contributed by atoms with Gasteiger partial charge in [-0.2, -0.15) is 5.10 Å². The van der Waals surface area contributed by atoms with Gasteiger partial charge in [-0.15, -0.1) is 0 Å². The Hall–Kier alpha value is -2.33. The fraction of sp³-hybridized carbons (Fsp3) is 0.0667. The lowest BCUT2D eigenvalue weighted by molar-refractivity contribution is 0.687. The van der Waals surface area contributed by atoms with Crippen LogP contribution in [-0.4, -0.2) is 14.8 Å². The van der Waals surface area contributed by atoms with Crippen LogP contribution in [0.15, 0.2) is 54.9 Å². The summed E-state index contributed by atoms with van der Waals surface area (Å²) in [4.78, 5) is 4.31. The molecule has 0 amide bonds. The van der Waals surface area contributed by atoms with E-state index in [1.807, 2.05) is 48.5 Å². The van der Waals surface area contributed by atoms with Gasteiger partial charge in [0.15, 0.2) is 5.82 Å². The summed E-state index contributed by atoms with van der Waals surface area (Å²) in [5.41, 5.74) is 8.38. The molecular formula is C15H13ClN4. The molecular weight excluding hydrogens is 272 g/mol. The molecule has 3 rings (SSSR count). The molecule has 0 saturated carbocycles. The van der Waals surface area contributed by atoms with Gasteiger partial charge in [0.1, 0.15) is 6.33 Å². The second kappa shape index (κ2) is 5.35. The summed E-state index contributed by atoms with van der Waals surface area (Å²) in [6.45, 7) is 0.592. The smallest absolute Gasteiger partial charge is 0.181 e. The van der Waals surface area contributed by atoms with Gasteiger partial charge in [0, 0.05) is 16.3 Å². The Balaban J connectivity index is 1.86. The fourth-order valence-electron chi connectivity index (χ4n) is 1.98. The first kappa shape index (κ1) is 12.7. The summed E-state index contributed by atoms with van der Waals surface area (Å²) in [6.07, 6.45) is 1.70. The number of anilines is 1. The van der Waals surface area contributed by atoms with Crippen LogP contribution in [0.4, 0.5) is 5.69 Å². The van der Waals surface area contributed by atoms with E-state index in [9.17, 15) is 0 Å². The van der Waals surface area contributed by atoms with Gasteiger partial charge in [0.05, 0.1) is 6.54 Å². The largest absolute Gasteiger partial charge is 0.399 e. The van der Waals surface area contributed by atoms with Crippen molar-refractivity contribution < 1.29 is 0 Å². The summed E-state index contributed by atoms with van der Waals surface area (Å²) in [5, 5.41) is 5.18. The van der Waals surface area contributed by atoms with Crippen LogP contribution in [0, 0.1) is 0 Å². The highest BCUT2D eigenvalue weighted by Crippen LogP contribution is 2.19. The summed E-state index contributed by atoms with van der Waals surface area (Å²) >= 11 is 6.14. The number of aromatic nitrogens is 3. The number of nitrogens with two attached hydrogens (primary N) is 1. The zero-order valence-electron chi connectivity index (χ0n) is 10.7. The zero-order chi connectivity index (χ0) is 13.9. The van der Waals surface area contributed by atoms with Crippen molar-refractivity contribution in [2.24, 2.45) is 0 Å². The van der Waals surface area contributed by atoms with Crippen LogP contribution in [0.2, 0.25) is 5.02 Å². The Morgan fingerprint density at radius 1 is 1.10 bits per heavy atom. The fourth-order valence-corrected chi connectivity index (χ4v) is 2.18. The van der Waals surface area contributed by atoms with Crippen LogP contribution >= 0.6 is 11.6 Å². The number of hydrogen-bond acceptors (Lipinski definition) is 3. The van der Waals surface area contributed by atoms with Gasteiger partial charge in [-0.05, 0) is 23.8 Å². The standard InChI is InChI=1S/C15H13ClN4/c16-14-7-2-1-4-12(14)9-20-10-18-15(19-20)11-5-3-6-13(17)8-11/h1-8,10H,9,17H2. The number of halogens is 1. The third-order valence-electron chi connectivity index (χ3n) is 2.97. The molecule has 0 aliphatic carbocycles. The second-order valence-electron chi connectivity index (χ2n) is 4.48. The molecule has 2 aromatic carbocycles. The number of rotatable bonds is 3. The minimum atomic E-state index is 0.592. The lowest BCUT2D eigenvalue weighted by Crippen LogP contribution is -2.01. The molecule has 5 heteroatoms. The van der Waals surface area contributed by atoms with Gasteiger partial charge < -0.3 is 5.73 Å². The average Bonchev–Trinajstić information content (AvgIpc) is 2.90. The third-order valence-corrected chi connectivity index (χ3v) is 3.34. The summed E-state index contributed by atoms with van der Waals surface area (Å²) in [7, 11) is 0. The molecule has 0 bridgehead atoms. The molecule has 0 radical (unpaired) electrons. The van der Waals surface area contributed by atoms with E-state index in [0.29, 0.717) is 18.1 Å². The van der Waals surface area contributed by atoms with Crippen molar-refractivity contribution in [3.05, 3.63) is 65.4 Å². The monoisotopic (exact) mass is 284 g/mol. The van der Waals surface area contributed by atoms with Crippen molar-refractivity contribution in [3.63, 3.8) is 0 Å². The molecule has 3 aromatic rings. The van der Waals surface area contributed by atoms with Crippen molar-refractivity contribution in [1.29, 1.82) is 0 Å². The Kier molecular flexibility index (Phi) is 3.39. The molecule has 0 fully saturated rings.